The zero-order valence-electron chi connectivity index (χ0n) is 16.4. The SMILES string of the molecule is C=CCNC(=O)[C@@]1(Cc2ccccc2-c2cccnc2)CCCN(C(C)=O)C1. The third-order valence-electron chi connectivity index (χ3n) is 5.43. The van der Waals surface area contributed by atoms with Crippen LogP contribution in [0.2, 0.25) is 0 Å². The largest absolute Gasteiger partial charge is 0.352 e. The number of hydrogen-bond acceptors (Lipinski definition) is 3. The van der Waals surface area contributed by atoms with Crippen LogP contribution in [0.15, 0.2) is 61.4 Å². The molecule has 1 saturated heterocycles. The number of aromatic nitrogens is 1. The Bertz CT molecular complexity index is 850. The lowest BCUT2D eigenvalue weighted by Gasteiger charge is -2.41. The molecule has 146 valence electrons. The summed E-state index contributed by atoms with van der Waals surface area (Å²) in [5, 5.41) is 2.97. The normalized spacial score (nSPS) is 19.1. The number of carbonyl (C=O) groups excluding carboxylic acids is 2. The molecular weight excluding hydrogens is 350 g/mol. The van der Waals surface area contributed by atoms with Crippen molar-refractivity contribution < 1.29 is 9.59 Å². The van der Waals surface area contributed by atoms with Gasteiger partial charge in [0.1, 0.15) is 0 Å². The first-order valence-electron chi connectivity index (χ1n) is 9.69. The van der Waals surface area contributed by atoms with Gasteiger partial charge in [0.2, 0.25) is 11.8 Å². The van der Waals surface area contributed by atoms with Crippen LogP contribution in [0.4, 0.5) is 0 Å². The van der Waals surface area contributed by atoms with Crippen LogP contribution in [0.25, 0.3) is 11.1 Å². The second-order valence-electron chi connectivity index (χ2n) is 7.40. The predicted octanol–water partition coefficient (Wildman–Crippen LogP) is 3.22. The molecule has 3 rings (SSSR count). The summed E-state index contributed by atoms with van der Waals surface area (Å²) in [5.41, 5.74) is 2.55. The summed E-state index contributed by atoms with van der Waals surface area (Å²) >= 11 is 0. The molecule has 2 amide bonds. The van der Waals surface area contributed by atoms with Gasteiger partial charge in [-0.15, -0.1) is 6.58 Å². The number of piperidine rings is 1. The molecule has 1 aromatic heterocycles. The molecule has 2 heterocycles. The van der Waals surface area contributed by atoms with Crippen LogP contribution in [0.1, 0.15) is 25.3 Å². The molecule has 28 heavy (non-hydrogen) atoms. The van der Waals surface area contributed by atoms with Crippen molar-refractivity contribution in [2.24, 2.45) is 5.41 Å². The van der Waals surface area contributed by atoms with Crippen LogP contribution in [0.3, 0.4) is 0 Å². The van der Waals surface area contributed by atoms with Crippen molar-refractivity contribution in [3.05, 3.63) is 67.0 Å². The second-order valence-corrected chi connectivity index (χ2v) is 7.40. The van der Waals surface area contributed by atoms with Gasteiger partial charge in [0.25, 0.3) is 0 Å². The Hall–Kier alpha value is -2.95. The van der Waals surface area contributed by atoms with Gasteiger partial charge < -0.3 is 10.2 Å². The molecule has 1 atom stereocenters. The van der Waals surface area contributed by atoms with E-state index in [-0.39, 0.29) is 11.8 Å². The van der Waals surface area contributed by atoms with Crippen molar-refractivity contribution in [2.75, 3.05) is 19.6 Å². The van der Waals surface area contributed by atoms with Crippen LogP contribution >= 0.6 is 0 Å². The number of hydrogen-bond donors (Lipinski definition) is 1. The van der Waals surface area contributed by atoms with Gasteiger partial charge in [0.15, 0.2) is 0 Å². The first-order valence-corrected chi connectivity index (χ1v) is 9.69. The molecule has 0 bridgehead atoms. The molecule has 1 aromatic carbocycles. The highest BCUT2D eigenvalue weighted by atomic mass is 16.2. The lowest BCUT2D eigenvalue weighted by molar-refractivity contribution is -0.140. The van der Waals surface area contributed by atoms with E-state index in [0.29, 0.717) is 26.1 Å². The van der Waals surface area contributed by atoms with Crippen LogP contribution in [-0.2, 0) is 16.0 Å². The number of pyridine rings is 1. The highest BCUT2D eigenvalue weighted by molar-refractivity contribution is 5.85. The van der Waals surface area contributed by atoms with Crippen molar-refractivity contribution >= 4 is 11.8 Å². The van der Waals surface area contributed by atoms with E-state index in [2.05, 4.69) is 29.0 Å². The molecule has 0 unspecified atom stereocenters. The minimum absolute atomic E-state index is 0.0145. The topological polar surface area (TPSA) is 62.3 Å². The molecule has 5 heteroatoms. The summed E-state index contributed by atoms with van der Waals surface area (Å²) in [6, 6.07) is 12.1. The highest BCUT2D eigenvalue weighted by Crippen LogP contribution is 2.37. The van der Waals surface area contributed by atoms with Gasteiger partial charge in [0.05, 0.1) is 5.41 Å². The highest BCUT2D eigenvalue weighted by Gasteiger charge is 2.43. The van der Waals surface area contributed by atoms with Crippen molar-refractivity contribution in [3.8, 4) is 11.1 Å². The number of nitrogens with one attached hydrogen (secondary N) is 1. The summed E-state index contributed by atoms with van der Waals surface area (Å²) in [6.45, 7) is 6.83. The number of nitrogens with zero attached hydrogens (tertiary/aromatic N) is 2. The summed E-state index contributed by atoms with van der Waals surface area (Å²) in [7, 11) is 0. The minimum Gasteiger partial charge on any atom is -0.352 e. The molecule has 0 radical (unpaired) electrons. The average molecular weight is 377 g/mol. The zero-order chi connectivity index (χ0) is 20.0. The fraction of sp³-hybridized carbons (Fsp3) is 0.348. The van der Waals surface area contributed by atoms with E-state index >= 15 is 0 Å². The molecule has 1 fully saturated rings. The number of rotatable bonds is 6. The van der Waals surface area contributed by atoms with E-state index in [1.165, 1.54) is 0 Å². The molecular formula is C23H27N3O2. The first-order chi connectivity index (χ1) is 13.6. The Kier molecular flexibility index (Phi) is 6.24. The van der Waals surface area contributed by atoms with Crippen molar-refractivity contribution in [2.45, 2.75) is 26.2 Å². The van der Waals surface area contributed by atoms with Gasteiger partial charge in [-0.05, 0) is 36.5 Å². The Morgan fingerprint density at radius 2 is 2.11 bits per heavy atom. The lowest BCUT2D eigenvalue weighted by Crippen LogP contribution is -2.54. The molecule has 2 aromatic rings. The van der Waals surface area contributed by atoms with Gasteiger partial charge in [-0.25, -0.2) is 0 Å². The maximum atomic E-state index is 13.2. The number of likely N-dealkylation sites (tertiary alicyclic amines) is 1. The second kappa shape index (κ2) is 8.83. The number of carbonyl (C=O) groups is 2. The fourth-order valence-corrected chi connectivity index (χ4v) is 4.01. The van der Waals surface area contributed by atoms with Gasteiger partial charge >= 0.3 is 0 Å². The smallest absolute Gasteiger partial charge is 0.228 e. The fourth-order valence-electron chi connectivity index (χ4n) is 4.01. The third-order valence-corrected chi connectivity index (χ3v) is 5.43. The standard InChI is InChI=1S/C23H27N3O2/c1-3-12-25-22(28)23(11-7-14-26(17-23)18(2)27)15-19-8-4-5-10-21(19)20-9-6-13-24-16-20/h3-6,8-10,13,16H,1,7,11-12,14-15,17H2,2H3,(H,25,28)/t23-/m1/s1. The molecule has 1 aliphatic rings. The lowest BCUT2D eigenvalue weighted by atomic mass is 9.73. The summed E-state index contributed by atoms with van der Waals surface area (Å²) < 4.78 is 0. The summed E-state index contributed by atoms with van der Waals surface area (Å²) in [5.74, 6) is 0.000444. The zero-order valence-corrected chi connectivity index (χ0v) is 16.4. The molecule has 1 aliphatic heterocycles. The number of amides is 2. The van der Waals surface area contributed by atoms with Crippen molar-refractivity contribution in [1.29, 1.82) is 0 Å². The Morgan fingerprint density at radius 1 is 1.29 bits per heavy atom. The van der Waals surface area contributed by atoms with E-state index in [1.807, 2.05) is 30.5 Å². The third kappa shape index (κ3) is 4.30. The minimum atomic E-state index is -0.648. The van der Waals surface area contributed by atoms with Gasteiger partial charge in [0, 0.05) is 44.5 Å². The van der Waals surface area contributed by atoms with E-state index in [9.17, 15) is 9.59 Å². The van der Waals surface area contributed by atoms with Crippen LogP contribution < -0.4 is 5.32 Å². The first kappa shape index (κ1) is 19.8. The van der Waals surface area contributed by atoms with Crippen molar-refractivity contribution in [3.63, 3.8) is 0 Å². The summed E-state index contributed by atoms with van der Waals surface area (Å²) in [4.78, 5) is 31.3. The van der Waals surface area contributed by atoms with E-state index in [0.717, 1.165) is 29.5 Å². The van der Waals surface area contributed by atoms with Gasteiger partial charge in [-0.1, -0.05) is 36.4 Å². The van der Waals surface area contributed by atoms with Crippen LogP contribution in [0, 0.1) is 5.41 Å². The Balaban J connectivity index is 1.98. The van der Waals surface area contributed by atoms with Crippen LogP contribution in [-0.4, -0.2) is 41.3 Å². The molecule has 0 saturated carbocycles. The summed E-state index contributed by atoms with van der Waals surface area (Å²) in [6.07, 6.45) is 7.41. The van der Waals surface area contributed by atoms with E-state index in [1.54, 1.807) is 24.1 Å². The predicted molar refractivity (Wildman–Crippen MR) is 111 cm³/mol. The maximum absolute atomic E-state index is 13.2. The van der Waals surface area contributed by atoms with E-state index in [4.69, 9.17) is 0 Å². The average Bonchev–Trinajstić information content (AvgIpc) is 2.73. The molecule has 0 aliphatic carbocycles. The molecule has 5 nitrogen and oxygen atoms in total. The molecule has 0 spiro atoms. The van der Waals surface area contributed by atoms with Crippen LogP contribution in [0.5, 0.6) is 0 Å². The number of benzene rings is 1. The van der Waals surface area contributed by atoms with E-state index < -0.39 is 5.41 Å². The quantitative estimate of drug-likeness (QED) is 0.786. The molecule has 1 N–H and O–H groups in total. The Morgan fingerprint density at radius 3 is 2.82 bits per heavy atom. The maximum Gasteiger partial charge on any atom is 0.228 e. The van der Waals surface area contributed by atoms with Crippen molar-refractivity contribution in [1.82, 2.24) is 15.2 Å². The van der Waals surface area contributed by atoms with Gasteiger partial charge in [-0.2, -0.15) is 0 Å². The monoisotopic (exact) mass is 377 g/mol. The Labute approximate surface area is 166 Å². The van der Waals surface area contributed by atoms with Gasteiger partial charge in [-0.3, -0.25) is 14.6 Å².